The number of halogens is 1. The summed E-state index contributed by atoms with van der Waals surface area (Å²) < 4.78 is 1.16. The summed E-state index contributed by atoms with van der Waals surface area (Å²) in [5, 5.41) is 18.2. The summed E-state index contributed by atoms with van der Waals surface area (Å²) in [6.07, 6.45) is 8.17. The Kier molecular flexibility index (Phi) is 11.3. The number of benzene rings is 3. The van der Waals surface area contributed by atoms with Crippen molar-refractivity contribution < 1.29 is 38.4 Å². The second-order valence-corrected chi connectivity index (χ2v) is 13.6. The molecule has 1 aliphatic carbocycles. The molecule has 2 unspecified atom stereocenters. The Hall–Kier alpha value is -2.42. The molecule has 0 spiro atoms. The van der Waals surface area contributed by atoms with E-state index in [0.29, 0.717) is 0 Å². The van der Waals surface area contributed by atoms with Crippen molar-refractivity contribution in [3.05, 3.63) is 108 Å². The van der Waals surface area contributed by atoms with Gasteiger partial charge in [-0.1, -0.05) is 97.9 Å². The number of carbonyl (C=O) groups is 1. The highest BCUT2D eigenvalue weighted by molar-refractivity contribution is 5.75. The van der Waals surface area contributed by atoms with E-state index in [2.05, 4.69) is 54.9 Å². The molecular weight excluding hydrogens is 645 g/mol. The second kappa shape index (κ2) is 14.6. The molecule has 2 fully saturated rings. The van der Waals surface area contributed by atoms with Gasteiger partial charge in [0, 0.05) is 11.5 Å². The Balaban J connectivity index is 0.00000423. The van der Waals surface area contributed by atoms with Crippen LogP contribution in [0.4, 0.5) is 4.79 Å². The fraction of sp³-hybridized carbons (Fsp3) is 0.486. The third kappa shape index (κ3) is 8.00. The van der Waals surface area contributed by atoms with Crippen LogP contribution in [0.15, 0.2) is 91.0 Å². The van der Waals surface area contributed by atoms with Crippen molar-refractivity contribution in [2.24, 2.45) is 5.92 Å². The predicted octanol–water partition coefficient (Wildman–Crippen LogP) is 3.76. The van der Waals surface area contributed by atoms with Crippen molar-refractivity contribution in [3.8, 4) is 0 Å². The number of likely N-dealkylation sites (tertiary alicyclic amines) is 1. The largest absolute Gasteiger partial charge is 1.00 e. The van der Waals surface area contributed by atoms with E-state index in [0.717, 1.165) is 47.2 Å². The first kappa shape index (κ1) is 33.5. The summed E-state index contributed by atoms with van der Waals surface area (Å²) in [6, 6.07) is 29.8. The van der Waals surface area contributed by atoms with Gasteiger partial charge in [-0.15, -0.1) is 0 Å². The van der Waals surface area contributed by atoms with Crippen LogP contribution in [0, 0.1) is 5.92 Å². The van der Waals surface area contributed by atoms with Crippen LogP contribution in [0.25, 0.3) is 0 Å². The van der Waals surface area contributed by atoms with Gasteiger partial charge >= 0.3 is 6.03 Å². The number of amides is 2. The summed E-state index contributed by atoms with van der Waals surface area (Å²) >= 11 is 0. The fourth-order valence-corrected chi connectivity index (χ4v) is 7.79. The lowest BCUT2D eigenvalue weighted by Crippen LogP contribution is -3.00. The molecule has 232 valence electrons. The third-order valence-corrected chi connectivity index (χ3v) is 10.3. The molecule has 0 aromatic heterocycles. The van der Waals surface area contributed by atoms with Gasteiger partial charge in [-0.25, -0.2) is 4.79 Å². The van der Waals surface area contributed by atoms with Crippen molar-refractivity contribution in [1.82, 2.24) is 10.6 Å². The highest BCUT2D eigenvalue weighted by Crippen LogP contribution is 2.38. The molecule has 5 nitrogen and oxygen atoms in total. The number of nitrogens with one attached hydrogen (secondary N) is 2. The average Bonchev–Trinajstić information content (AvgIpc) is 3.01. The number of quaternary nitrogens is 1. The fourth-order valence-electron chi connectivity index (χ4n) is 7.79. The van der Waals surface area contributed by atoms with E-state index in [1.165, 1.54) is 44.5 Å². The van der Waals surface area contributed by atoms with Gasteiger partial charge in [-0.05, 0) is 74.5 Å². The second-order valence-electron chi connectivity index (χ2n) is 13.6. The summed E-state index contributed by atoms with van der Waals surface area (Å²) in [5.74, 6) is 0.728. The number of aliphatic hydroxyl groups is 1. The average molecular weight is 696 g/mol. The molecule has 0 radical (unpaired) electrons. The number of piperidine rings is 1. The Morgan fingerprint density at radius 3 is 2.02 bits per heavy atom. The van der Waals surface area contributed by atoms with E-state index >= 15 is 0 Å². The third-order valence-electron chi connectivity index (χ3n) is 10.3. The molecule has 1 aliphatic heterocycles. The van der Waals surface area contributed by atoms with Crippen LogP contribution in [0.5, 0.6) is 0 Å². The van der Waals surface area contributed by atoms with Crippen molar-refractivity contribution in [3.63, 3.8) is 0 Å². The van der Waals surface area contributed by atoms with Gasteiger partial charge in [0.25, 0.3) is 0 Å². The van der Waals surface area contributed by atoms with Gasteiger partial charge in [-0.3, -0.25) is 0 Å². The van der Waals surface area contributed by atoms with Crippen molar-refractivity contribution in [2.75, 3.05) is 26.7 Å². The van der Waals surface area contributed by atoms with Gasteiger partial charge in [0.2, 0.25) is 0 Å². The molecule has 43 heavy (non-hydrogen) atoms. The first-order valence-corrected chi connectivity index (χ1v) is 16.0. The molecule has 1 heterocycles. The zero-order valence-corrected chi connectivity index (χ0v) is 28.3. The maximum Gasteiger partial charge on any atom is 0.315 e. The van der Waals surface area contributed by atoms with Gasteiger partial charge in [0.15, 0.2) is 0 Å². The smallest absolute Gasteiger partial charge is 0.315 e. The zero-order chi connectivity index (χ0) is 29.6. The van der Waals surface area contributed by atoms with Crippen LogP contribution in [-0.4, -0.2) is 54.4 Å². The van der Waals surface area contributed by atoms with Crippen LogP contribution in [0.1, 0.15) is 75.5 Å². The van der Waals surface area contributed by atoms with E-state index in [1.54, 1.807) is 0 Å². The lowest BCUT2D eigenvalue weighted by molar-refractivity contribution is -0.919. The topological polar surface area (TPSA) is 61.4 Å². The predicted molar refractivity (Wildman–Crippen MR) is 171 cm³/mol. The van der Waals surface area contributed by atoms with Crippen molar-refractivity contribution in [2.45, 2.75) is 81.9 Å². The SMILES string of the molecule is C[C@@H](NC(=O)NC1CCC(CC[N+]2(C)CCCC(C)(c3ccccc3)C2)CC1)C(O)(c1ccccc1)c1ccccc1.[I-]. The molecule has 3 atom stereocenters. The number of nitrogens with zero attached hydrogens (tertiary/aromatic N) is 1. The summed E-state index contributed by atoms with van der Waals surface area (Å²) in [6.45, 7) is 8.06. The number of carbonyl (C=O) groups excluding carboxylic acids is 1. The van der Waals surface area contributed by atoms with Crippen molar-refractivity contribution in [1.29, 1.82) is 0 Å². The van der Waals surface area contributed by atoms with Crippen LogP contribution in [0.3, 0.4) is 0 Å². The lowest BCUT2D eigenvalue weighted by atomic mass is 9.74. The van der Waals surface area contributed by atoms with Gasteiger partial charge < -0.3 is 44.2 Å². The molecule has 3 aromatic rings. The minimum absolute atomic E-state index is 0. The van der Waals surface area contributed by atoms with E-state index in [4.69, 9.17) is 0 Å². The van der Waals surface area contributed by atoms with Crippen LogP contribution >= 0.6 is 0 Å². The van der Waals surface area contributed by atoms with Crippen LogP contribution in [0.2, 0.25) is 0 Å². The van der Waals surface area contributed by atoms with E-state index in [9.17, 15) is 9.90 Å². The Morgan fingerprint density at radius 1 is 0.930 bits per heavy atom. The minimum Gasteiger partial charge on any atom is -1.00 e. The van der Waals surface area contributed by atoms with Crippen LogP contribution < -0.4 is 34.6 Å². The molecule has 2 aliphatic rings. The van der Waals surface area contributed by atoms with E-state index in [1.807, 2.05) is 67.6 Å². The van der Waals surface area contributed by atoms with Crippen molar-refractivity contribution >= 4 is 6.03 Å². The van der Waals surface area contributed by atoms with Gasteiger partial charge in [-0.2, -0.15) is 0 Å². The lowest BCUT2D eigenvalue weighted by Gasteiger charge is -2.47. The normalized spacial score (nSPS) is 26.5. The summed E-state index contributed by atoms with van der Waals surface area (Å²) in [5.41, 5.74) is 1.94. The van der Waals surface area contributed by atoms with Gasteiger partial charge in [0.1, 0.15) is 5.60 Å². The van der Waals surface area contributed by atoms with E-state index < -0.39 is 11.6 Å². The molecular formula is C37H50IN3O2. The van der Waals surface area contributed by atoms with E-state index in [-0.39, 0.29) is 41.5 Å². The highest BCUT2D eigenvalue weighted by atomic mass is 127. The Bertz CT molecular complexity index is 1240. The maximum atomic E-state index is 13.1. The molecule has 3 aromatic carbocycles. The molecule has 1 saturated heterocycles. The first-order valence-electron chi connectivity index (χ1n) is 16.0. The minimum atomic E-state index is -1.33. The molecule has 3 N–H and O–H groups in total. The standard InChI is InChI=1S/C37H49N3O2.HI/c1-29(37(42,32-16-9-5-10-17-32)33-18-11-6-12-19-33)38-35(41)39-34-22-20-30(21-23-34)24-27-40(3)26-13-25-36(2,28-40)31-14-7-4-8-15-31;/h4-12,14-19,29-30,34,42H,13,20-28H2,1-3H3,(H-,38,39,41);1H/t29-,30?,34?,36?,40?;/m1./s1. The molecule has 0 bridgehead atoms. The monoisotopic (exact) mass is 695 g/mol. The van der Waals surface area contributed by atoms with Gasteiger partial charge in [0.05, 0.1) is 32.7 Å². The maximum absolute atomic E-state index is 13.1. The molecule has 2 amide bonds. The molecule has 6 heteroatoms. The zero-order valence-electron chi connectivity index (χ0n) is 26.1. The first-order chi connectivity index (χ1) is 20.2. The Labute approximate surface area is 276 Å². The molecule has 1 saturated carbocycles. The van der Waals surface area contributed by atoms with Crippen LogP contribution in [-0.2, 0) is 11.0 Å². The number of likely N-dealkylation sites (N-methyl/N-ethyl adjacent to an activating group) is 1. The highest BCUT2D eigenvalue weighted by Gasteiger charge is 2.41. The number of urea groups is 1. The number of hydrogen-bond acceptors (Lipinski definition) is 2. The Morgan fingerprint density at radius 2 is 1.47 bits per heavy atom. The molecule has 5 rings (SSSR count). The summed E-state index contributed by atoms with van der Waals surface area (Å²) in [4.78, 5) is 13.1. The summed E-state index contributed by atoms with van der Waals surface area (Å²) in [7, 11) is 2.46. The number of hydrogen-bond donors (Lipinski definition) is 3. The number of rotatable bonds is 9. The quantitative estimate of drug-likeness (QED) is 0.236.